The first-order valence-electron chi connectivity index (χ1n) is 13.4. The van der Waals surface area contributed by atoms with Crippen LogP contribution < -0.4 is 4.74 Å². The van der Waals surface area contributed by atoms with Gasteiger partial charge in [-0.15, -0.1) is 0 Å². The van der Waals surface area contributed by atoms with Gasteiger partial charge in [0.15, 0.2) is 0 Å². The van der Waals surface area contributed by atoms with Crippen LogP contribution in [0.4, 0.5) is 0 Å². The number of aryl methyl sites for hydroxylation is 2. The molecule has 198 valence electrons. The van der Waals surface area contributed by atoms with Gasteiger partial charge in [0.1, 0.15) is 11.4 Å². The molecule has 0 spiro atoms. The molecule has 3 aromatic rings. The molecule has 0 N–H and O–H groups in total. The van der Waals surface area contributed by atoms with Crippen LogP contribution in [-0.2, 0) is 42.0 Å². The molecule has 0 unspecified atom stereocenters. The van der Waals surface area contributed by atoms with Crippen molar-refractivity contribution in [1.82, 2.24) is 14.7 Å². The van der Waals surface area contributed by atoms with Crippen LogP contribution >= 0.6 is 0 Å². The molecule has 4 rings (SSSR count). The Morgan fingerprint density at radius 2 is 1.78 bits per heavy atom. The molecule has 1 aliphatic heterocycles. The van der Waals surface area contributed by atoms with E-state index in [0.29, 0.717) is 46.1 Å². The molecular formula is C30H39N3O4. The van der Waals surface area contributed by atoms with Crippen molar-refractivity contribution < 1.29 is 19.0 Å². The fraction of sp³-hybridized carbons (Fsp3) is 0.467. The Kier molecular flexibility index (Phi) is 10.1. The summed E-state index contributed by atoms with van der Waals surface area (Å²) in [6.45, 7) is 6.52. The summed E-state index contributed by atoms with van der Waals surface area (Å²) >= 11 is 0. The third-order valence-corrected chi connectivity index (χ3v) is 6.70. The highest BCUT2D eigenvalue weighted by molar-refractivity contribution is 5.94. The van der Waals surface area contributed by atoms with Crippen molar-refractivity contribution in [2.24, 2.45) is 0 Å². The summed E-state index contributed by atoms with van der Waals surface area (Å²) in [7, 11) is 1.66. The van der Waals surface area contributed by atoms with Gasteiger partial charge in [-0.3, -0.25) is 9.48 Å². The summed E-state index contributed by atoms with van der Waals surface area (Å²) in [5, 5.41) is 4.90. The third kappa shape index (κ3) is 7.43. The number of benzene rings is 2. The van der Waals surface area contributed by atoms with Crippen molar-refractivity contribution in [3.63, 3.8) is 0 Å². The molecule has 2 aromatic carbocycles. The quantitative estimate of drug-likeness (QED) is 0.361. The summed E-state index contributed by atoms with van der Waals surface area (Å²) in [5.41, 5.74) is 5.06. The van der Waals surface area contributed by atoms with Gasteiger partial charge in [0.25, 0.3) is 5.91 Å². The number of fused-ring (bicyclic) bond motifs is 1. The second kappa shape index (κ2) is 14.0. The minimum absolute atomic E-state index is 0.0497. The summed E-state index contributed by atoms with van der Waals surface area (Å²) in [6, 6.07) is 18.1. The fourth-order valence-corrected chi connectivity index (χ4v) is 4.75. The maximum Gasteiger partial charge on any atom is 0.272 e. The number of rotatable bonds is 10. The molecule has 0 atom stereocenters. The first kappa shape index (κ1) is 26.9. The molecule has 0 aliphatic carbocycles. The highest BCUT2D eigenvalue weighted by atomic mass is 16.5. The van der Waals surface area contributed by atoms with E-state index >= 15 is 0 Å². The summed E-state index contributed by atoms with van der Waals surface area (Å²) in [5.74, 6) is 0.860. The van der Waals surface area contributed by atoms with Gasteiger partial charge in [0.05, 0.1) is 19.4 Å². The molecule has 0 saturated heterocycles. The number of hydrogen-bond donors (Lipinski definition) is 0. The number of nitrogens with zero attached hydrogens (tertiary/aromatic N) is 3. The van der Waals surface area contributed by atoms with Crippen molar-refractivity contribution in [1.29, 1.82) is 0 Å². The average molecular weight is 506 g/mol. The minimum Gasteiger partial charge on any atom is -0.497 e. The molecule has 0 saturated carbocycles. The van der Waals surface area contributed by atoms with E-state index < -0.39 is 0 Å². The number of carbonyl (C=O) groups is 1. The molecule has 37 heavy (non-hydrogen) atoms. The van der Waals surface area contributed by atoms with E-state index in [9.17, 15) is 4.79 Å². The molecule has 1 amide bonds. The lowest BCUT2D eigenvalue weighted by molar-refractivity contribution is 0.0698. The Morgan fingerprint density at radius 3 is 2.54 bits per heavy atom. The highest BCUT2D eigenvalue weighted by Gasteiger charge is 2.27. The van der Waals surface area contributed by atoms with E-state index in [4.69, 9.17) is 19.3 Å². The van der Waals surface area contributed by atoms with Crippen LogP contribution in [0.1, 0.15) is 59.1 Å². The van der Waals surface area contributed by atoms with E-state index in [1.165, 1.54) is 5.56 Å². The first-order valence-corrected chi connectivity index (χ1v) is 13.4. The van der Waals surface area contributed by atoms with Gasteiger partial charge in [-0.25, -0.2) is 0 Å². The lowest BCUT2D eigenvalue weighted by atomic mass is 10.0. The summed E-state index contributed by atoms with van der Waals surface area (Å²) in [4.78, 5) is 15.9. The monoisotopic (exact) mass is 505 g/mol. The van der Waals surface area contributed by atoms with E-state index in [2.05, 4.69) is 19.1 Å². The van der Waals surface area contributed by atoms with Crippen LogP contribution in [-0.4, -0.2) is 54.1 Å². The Morgan fingerprint density at radius 1 is 1.00 bits per heavy atom. The Labute approximate surface area is 220 Å². The van der Waals surface area contributed by atoms with E-state index in [0.717, 1.165) is 60.4 Å². The SMILES string of the molecule is CCn1nc(CCCOCc2ccccc2)c2c1C(=O)N(Cc1ccc(OC)cc1)CCCOCCC2. The zero-order valence-electron chi connectivity index (χ0n) is 22.2. The van der Waals surface area contributed by atoms with Crippen molar-refractivity contribution in [3.8, 4) is 5.75 Å². The standard InChI is InChI=1S/C30H39N3O4/c1-3-33-29-27(28(31-33)13-8-20-37-23-25-10-5-4-6-11-25)12-7-19-36-21-9-18-32(30(29)34)22-24-14-16-26(35-2)17-15-24/h4-6,10-11,14-17H,3,7-9,12-13,18-23H2,1-2H3. The third-order valence-electron chi connectivity index (χ3n) is 6.70. The van der Waals surface area contributed by atoms with Crippen molar-refractivity contribution >= 4 is 5.91 Å². The van der Waals surface area contributed by atoms with Gasteiger partial charge < -0.3 is 19.1 Å². The van der Waals surface area contributed by atoms with Crippen molar-refractivity contribution in [2.75, 3.05) is 33.5 Å². The lowest BCUT2D eigenvalue weighted by Crippen LogP contribution is -2.34. The second-order valence-electron chi connectivity index (χ2n) is 9.38. The fourth-order valence-electron chi connectivity index (χ4n) is 4.75. The van der Waals surface area contributed by atoms with Gasteiger partial charge in [-0.1, -0.05) is 42.5 Å². The van der Waals surface area contributed by atoms with E-state index in [-0.39, 0.29) is 5.91 Å². The first-order chi connectivity index (χ1) is 18.2. The number of ether oxygens (including phenoxy) is 3. The van der Waals surface area contributed by atoms with Crippen LogP contribution in [0.3, 0.4) is 0 Å². The van der Waals surface area contributed by atoms with Crippen LogP contribution in [0, 0.1) is 0 Å². The number of methoxy groups -OCH3 is 1. The highest BCUT2D eigenvalue weighted by Crippen LogP contribution is 2.23. The van der Waals surface area contributed by atoms with Gasteiger partial charge in [0.2, 0.25) is 0 Å². The molecule has 1 aromatic heterocycles. The van der Waals surface area contributed by atoms with Crippen molar-refractivity contribution in [3.05, 3.63) is 82.7 Å². The molecule has 0 radical (unpaired) electrons. The summed E-state index contributed by atoms with van der Waals surface area (Å²) in [6.07, 6.45) is 4.13. The maximum absolute atomic E-state index is 14.0. The molecule has 1 aliphatic rings. The number of aromatic nitrogens is 2. The van der Waals surface area contributed by atoms with Crippen LogP contribution in [0.25, 0.3) is 0 Å². The Hall–Kier alpha value is -3.16. The van der Waals surface area contributed by atoms with E-state index in [1.54, 1.807) is 7.11 Å². The number of hydrogen-bond acceptors (Lipinski definition) is 5. The van der Waals surface area contributed by atoms with Crippen LogP contribution in [0.2, 0.25) is 0 Å². The molecule has 0 fully saturated rings. The Bertz CT molecular complexity index is 1110. The summed E-state index contributed by atoms with van der Waals surface area (Å²) < 4.78 is 19.0. The Balaban J connectivity index is 1.49. The molecular weight excluding hydrogens is 466 g/mol. The molecule has 2 heterocycles. The molecule has 0 bridgehead atoms. The normalized spacial score (nSPS) is 14.8. The predicted octanol–water partition coefficient (Wildman–Crippen LogP) is 5.06. The van der Waals surface area contributed by atoms with Gasteiger partial charge in [-0.05, 0) is 62.3 Å². The lowest BCUT2D eigenvalue weighted by Gasteiger charge is -2.24. The van der Waals surface area contributed by atoms with Gasteiger partial charge in [0, 0.05) is 45.0 Å². The minimum atomic E-state index is 0.0497. The van der Waals surface area contributed by atoms with Crippen LogP contribution in [0.5, 0.6) is 5.75 Å². The van der Waals surface area contributed by atoms with E-state index in [1.807, 2.05) is 52.0 Å². The van der Waals surface area contributed by atoms with Crippen LogP contribution in [0.15, 0.2) is 54.6 Å². The molecule has 7 nitrogen and oxygen atoms in total. The number of amides is 1. The average Bonchev–Trinajstić information content (AvgIpc) is 3.27. The zero-order valence-corrected chi connectivity index (χ0v) is 22.2. The van der Waals surface area contributed by atoms with Crippen molar-refractivity contribution in [2.45, 2.75) is 58.7 Å². The zero-order chi connectivity index (χ0) is 25.9. The van der Waals surface area contributed by atoms with Gasteiger partial charge in [-0.2, -0.15) is 5.10 Å². The predicted molar refractivity (Wildman–Crippen MR) is 144 cm³/mol. The smallest absolute Gasteiger partial charge is 0.272 e. The topological polar surface area (TPSA) is 65.8 Å². The number of carbonyl (C=O) groups excluding carboxylic acids is 1. The largest absolute Gasteiger partial charge is 0.497 e. The second-order valence-corrected chi connectivity index (χ2v) is 9.38. The molecule has 7 heteroatoms. The van der Waals surface area contributed by atoms with Gasteiger partial charge >= 0.3 is 0 Å². The maximum atomic E-state index is 14.0.